The van der Waals surface area contributed by atoms with E-state index in [-0.39, 0.29) is 5.91 Å². The third-order valence-electron chi connectivity index (χ3n) is 6.29. The van der Waals surface area contributed by atoms with Crippen LogP contribution in [0.1, 0.15) is 57.6 Å². The molecule has 3 aromatic rings. The van der Waals surface area contributed by atoms with Crippen LogP contribution >= 0.6 is 11.5 Å². The Morgan fingerprint density at radius 1 is 1.03 bits per heavy atom. The molecule has 0 bridgehead atoms. The second-order valence-electron chi connectivity index (χ2n) is 9.12. The summed E-state index contributed by atoms with van der Waals surface area (Å²) in [5, 5.41) is 4.33. The van der Waals surface area contributed by atoms with Gasteiger partial charge in [-0.15, -0.1) is 0 Å². The Morgan fingerprint density at radius 2 is 1.73 bits per heavy atom. The molecule has 1 aliphatic rings. The van der Waals surface area contributed by atoms with Crippen LogP contribution in [0.25, 0.3) is 10.1 Å². The molecular weight excluding hydrogens is 426 g/mol. The molecule has 0 radical (unpaired) electrons. The van der Waals surface area contributed by atoms with Crippen molar-refractivity contribution in [1.82, 2.24) is 9.69 Å². The van der Waals surface area contributed by atoms with Crippen molar-refractivity contribution in [3.63, 3.8) is 0 Å². The number of carbonyl (C=O) groups is 1. The predicted octanol–water partition coefficient (Wildman–Crippen LogP) is 6.62. The van der Waals surface area contributed by atoms with Crippen LogP contribution in [0.5, 0.6) is 0 Å². The van der Waals surface area contributed by atoms with Crippen molar-refractivity contribution in [3.8, 4) is 0 Å². The zero-order valence-electron chi connectivity index (χ0n) is 20.6. The van der Waals surface area contributed by atoms with Gasteiger partial charge in [0.15, 0.2) is 0 Å². The maximum absolute atomic E-state index is 11.7. The number of carbonyl (C=O) groups excluding carboxylic acids is 1. The Kier molecular flexibility index (Phi) is 9.74. The van der Waals surface area contributed by atoms with E-state index >= 15 is 0 Å². The number of nitrogens with one attached hydrogen (secondary N) is 1. The van der Waals surface area contributed by atoms with E-state index in [9.17, 15) is 4.79 Å². The summed E-state index contributed by atoms with van der Waals surface area (Å²) in [6.45, 7) is 11.8. The van der Waals surface area contributed by atoms with Gasteiger partial charge in [0.1, 0.15) is 5.82 Å². The van der Waals surface area contributed by atoms with Crippen LogP contribution in [0.2, 0.25) is 0 Å². The lowest BCUT2D eigenvalue weighted by Gasteiger charge is -2.21. The summed E-state index contributed by atoms with van der Waals surface area (Å²) in [6.07, 6.45) is 5.39. The molecule has 1 N–H and O–H groups in total. The first kappa shape index (κ1) is 25.2. The highest BCUT2D eigenvalue weighted by Gasteiger charge is 2.34. The fraction of sp³-hybridized carbons (Fsp3) is 0.500. The lowest BCUT2D eigenvalue weighted by atomic mass is 10.1. The molecule has 4 nitrogen and oxygen atoms in total. The third kappa shape index (κ3) is 7.56. The molecule has 2 aromatic carbocycles. The first-order chi connectivity index (χ1) is 16.0. The Morgan fingerprint density at radius 3 is 2.36 bits per heavy atom. The van der Waals surface area contributed by atoms with Gasteiger partial charge in [0.2, 0.25) is 5.91 Å². The zero-order chi connectivity index (χ0) is 23.6. The average Bonchev–Trinajstić information content (AvgIpc) is 3.47. The topological polar surface area (TPSA) is 45.2 Å². The smallest absolute Gasteiger partial charge is 0.224 e. The quantitative estimate of drug-likeness (QED) is 0.366. The molecule has 1 aliphatic carbocycles. The number of anilines is 1. The van der Waals surface area contributed by atoms with Crippen LogP contribution in [0.3, 0.4) is 0 Å². The van der Waals surface area contributed by atoms with Crippen molar-refractivity contribution < 1.29 is 4.79 Å². The molecule has 4 rings (SSSR count). The van der Waals surface area contributed by atoms with Crippen molar-refractivity contribution in [2.75, 3.05) is 24.5 Å². The summed E-state index contributed by atoms with van der Waals surface area (Å²) in [5.74, 6) is 2.91. The second-order valence-corrected chi connectivity index (χ2v) is 9.92. The van der Waals surface area contributed by atoms with Gasteiger partial charge in [0.25, 0.3) is 0 Å². The van der Waals surface area contributed by atoms with Crippen LogP contribution in [0, 0.1) is 18.8 Å². The lowest BCUT2D eigenvalue weighted by molar-refractivity contribution is -0.120. The maximum Gasteiger partial charge on any atom is 0.224 e. The number of aromatic nitrogens is 1. The summed E-state index contributed by atoms with van der Waals surface area (Å²) in [6, 6.07) is 16.7. The van der Waals surface area contributed by atoms with E-state index in [0.29, 0.717) is 6.42 Å². The first-order valence-electron chi connectivity index (χ1n) is 12.5. The van der Waals surface area contributed by atoms with Crippen LogP contribution < -0.4 is 10.2 Å². The van der Waals surface area contributed by atoms with Crippen LogP contribution in [0.15, 0.2) is 48.5 Å². The molecule has 2 unspecified atom stereocenters. The molecule has 1 amide bonds. The highest BCUT2D eigenvalue weighted by Crippen LogP contribution is 2.40. The van der Waals surface area contributed by atoms with Gasteiger partial charge in [0, 0.05) is 25.0 Å². The molecule has 1 fully saturated rings. The van der Waals surface area contributed by atoms with E-state index in [0.717, 1.165) is 37.0 Å². The van der Waals surface area contributed by atoms with Gasteiger partial charge in [-0.05, 0) is 67.3 Å². The Labute approximate surface area is 203 Å². The predicted molar refractivity (Wildman–Crippen MR) is 142 cm³/mol. The number of rotatable bonds is 10. The molecule has 33 heavy (non-hydrogen) atoms. The molecule has 1 saturated carbocycles. The molecule has 1 heterocycles. The van der Waals surface area contributed by atoms with Gasteiger partial charge in [-0.1, -0.05) is 69.2 Å². The van der Waals surface area contributed by atoms with Crippen LogP contribution in [-0.4, -0.2) is 29.9 Å². The number of fused-ring (bicyclic) bond motifs is 1. The molecular formula is C28H39N3OS. The van der Waals surface area contributed by atoms with E-state index in [1.165, 1.54) is 47.2 Å². The van der Waals surface area contributed by atoms with Crippen molar-refractivity contribution >= 4 is 33.3 Å². The number of hydrogen-bond donors (Lipinski definition) is 1. The molecule has 1 aromatic heterocycles. The first-order valence-corrected chi connectivity index (χ1v) is 13.2. The van der Waals surface area contributed by atoms with Gasteiger partial charge in [-0.3, -0.25) is 4.79 Å². The average molecular weight is 466 g/mol. The fourth-order valence-electron chi connectivity index (χ4n) is 4.22. The molecule has 5 heteroatoms. The van der Waals surface area contributed by atoms with E-state index in [1.807, 2.05) is 12.1 Å². The SMILES string of the molecule is CCC1CC1CNC(=O)Cc1ccc(C)cc1.CCCN(CCC)c1nsc2ccccc12. The summed E-state index contributed by atoms with van der Waals surface area (Å²) < 4.78 is 5.89. The van der Waals surface area contributed by atoms with E-state index in [2.05, 4.69) is 78.7 Å². The van der Waals surface area contributed by atoms with Crippen molar-refractivity contribution in [2.24, 2.45) is 11.8 Å². The Bertz CT molecular complexity index is 992. The summed E-state index contributed by atoms with van der Waals surface area (Å²) in [7, 11) is 0. The van der Waals surface area contributed by atoms with E-state index < -0.39 is 0 Å². The van der Waals surface area contributed by atoms with Crippen molar-refractivity contribution in [2.45, 2.75) is 59.8 Å². The minimum Gasteiger partial charge on any atom is -0.356 e. The zero-order valence-corrected chi connectivity index (χ0v) is 21.5. The third-order valence-corrected chi connectivity index (χ3v) is 7.10. The summed E-state index contributed by atoms with van der Waals surface area (Å²) in [4.78, 5) is 14.1. The van der Waals surface area contributed by atoms with Crippen molar-refractivity contribution in [3.05, 3.63) is 59.7 Å². The number of hydrogen-bond acceptors (Lipinski definition) is 4. The summed E-state index contributed by atoms with van der Waals surface area (Å²) in [5.41, 5.74) is 2.33. The van der Waals surface area contributed by atoms with E-state index in [1.54, 1.807) is 11.5 Å². The highest BCUT2D eigenvalue weighted by molar-refractivity contribution is 7.13. The molecule has 0 spiro atoms. The molecule has 0 saturated heterocycles. The van der Waals surface area contributed by atoms with E-state index in [4.69, 9.17) is 0 Å². The minimum atomic E-state index is 0.149. The standard InChI is InChI=1S/C15H21NO.C13H18N2S/c1-3-13-9-14(13)10-16-15(17)8-12-6-4-11(2)5-7-12;1-3-9-15(10-4-2)13-11-7-5-6-8-12(11)16-14-13/h4-7,13-14H,3,8-10H2,1-2H3,(H,16,17);5-8H,3-4,9-10H2,1-2H3. The minimum absolute atomic E-state index is 0.149. The molecule has 178 valence electrons. The van der Waals surface area contributed by atoms with Crippen LogP contribution in [0.4, 0.5) is 5.82 Å². The summed E-state index contributed by atoms with van der Waals surface area (Å²) >= 11 is 1.60. The van der Waals surface area contributed by atoms with Gasteiger partial charge in [0.05, 0.1) is 11.1 Å². The maximum atomic E-state index is 11.7. The van der Waals surface area contributed by atoms with Gasteiger partial charge in [-0.2, -0.15) is 4.37 Å². The Hall–Kier alpha value is -2.40. The monoisotopic (exact) mass is 465 g/mol. The molecule has 0 aliphatic heterocycles. The fourth-order valence-corrected chi connectivity index (χ4v) is 5.02. The number of nitrogens with zero attached hydrogens (tertiary/aromatic N) is 2. The second kappa shape index (κ2) is 12.7. The largest absolute Gasteiger partial charge is 0.356 e. The molecule has 2 atom stereocenters. The lowest BCUT2D eigenvalue weighted by Crippen LogP contribution is -2.27. The van der Waals surface area contributed by atoms with Gasteiger partial charge >= 0.3 is 0 Å². The number of amides is 1. The van der Waals surface area contributed by atoms with Gasteiger partial charge < -0.3 is 10.2 Å². The van der Waals surface area contributed by atoms with Gasteiger partial charge in [-0.25, -0.2) is 0 Å². The van der Waals surface area contributed by atoms with Crippen LogP contribution in [-0.2, 0) is 11.2 Å². The number of benzene rings is 2. The highest BCUT2D eigenvalue weighted by atomic mass is 32.1. The Balaban J connectivity index is 0.000000186. The normalized spacial score (nSPS) is 16.7. The number of aryl methyl sites for hydroxylation is 1. The van der Waals surface area contributed by atoms with Crippen molar-refractivity contribution in [1.29, 1.82) is 0 Å².